The molecule has 0 spiro atoms. The minimum absolute atomic E-state index is 0.136. The number of anilines is 4. The molecule has 290 valence electrons. The lowest BCUT2D eigenvalue weighted by molar-refractivity contribution is -0.130. The fourth-order valence-corrected chi connectivity index (χ4v) is 7.06. The van der Waals surface area contributed by atoms with Gasteiger partial charge in [0, 0.05) is 68.2 Å². The van der Waals surface area contributed by atoms with Gasteiger partial charge >= 0.3 is 0 Å². The Labute approximate surface area is 317 Å². The van der Waals surface area contributed by atoms with Crippen LogP contribution in [0.2, 0.25) is 0 Å². The van der Waals surface area contributed by atoms with E-state index in [0.29, 0.717) is 89.1 Å². The summed E-state index contributed by atoms with van der Waals surface area (Å²) in [5.74, 6) is 1.80. The number of piperazine rings is 1. The van der Waals surface area contributed by atoms with Crippen molar-refractivity contribution in [2.45, 2.75) is 59.9 Å². The van der Waals surface area contributed by atoms with Gasteiger partial charge in [-0.1, -0.05) is 20.8 Å². The number of hydrogen-bond donors (Lipinski definition) is 3. The highest BCUT2D eigenvalue weighted by molar-refractivity contribution is 6.06. The first kappa shape index (κ1) is 38.7. The maximum Gasteiger partial charge on any atom is 0.257 e. The van der Waals surface area contributed by atoms with Crippen LogP contribution in [-0.2, 0) is 46.5 Å². The number of fused-ring (bicyclic) bond motifs is 3. The lowest BCUT2D eigenvalue weighted by Gasteiger charge is -2.36. The summed E-state index contributed by atoms with van der Waals surface area (Å²) in [7, 11) is 1.64. The molecule has 3 N–H and O–H groups in total. The number of likely N-dealkylation sites (N-methyl/N-ethyl adjacent to an activating group) is 1. The van der Waals surface area contributed by atoms with Gasteiger partial charge in [-0.3, -0.25) is 14.3 Å². The van der Waals surface area contributed by atoms with E-state index in [2.05, 4.69) is 32.8 Å². The van der Waals surface area contributed by atoms with Crippen molar-refractivity contribution in [3.63, 3.8) is 0 Å². The lowest BCUT2D eigenvalue weighted by Crippen LogP contribution is -2.50. The molecule has 0 aliphatic carbocycles. The van der Waals surface area contributed by atoms with E-state index in [0.717, 1.165) is 71.6 Å². The van der Waals surface area contributed by atoms with Crippen LogP contribution in [-0.4, -0.2) is 114 Å². The number of carbonyl (C=O) groups excluding carboxylic acids is 2. The predicted octanol–water partition coefficient (Wildman–Crippen LogP) is 4.00. The molecule has 0 radical (unpaired) electrons. The highest BCUT2D eigenvalue weighted by atomic mass is 16.5. The van der Waals surface area contributed by atoms with Crippen LogP contribution >= 0.6 is 0 Å². The third-order valence-corrected chi connectivity index (χ3v) is 9.95. The van der Waals surface area contributed by atoms with E-state index in [1.807, 2.05) is 71.6 Å². The molecule has 54 heavy (non-hydrogen) atoms. The number of ether oxygens (including phenoxy) is 3. The Kier molecular flexibility index (Phi) is 13.2. The summed E-state index contributed by atoms with van der Waals surface area (Å²) in [5.41, 5.74) is 6.90. The van der Waals surface area contributed by atoms with E-state index in [1.165, 1.54) is 0 Å². The van der Waals surface area contributed by atoms with Crippen molar-refractivity contribution in [1.29, 1.82) is 0 Å². The zero-order chi connectivity index (χ0) is 38.0. The predicted molar refractivity (Wildman–Crippen MR) is 209 cm³/mol. The molecule has 0 atom stereocenters. The molecule has 0 unspecified atom stereocenters. The maximum absolute atomic E-state index is 13.9. The average molecular weight is 743 g/mol. The van der Waals surface area contributed by atoms with Crippen molar-refractivity contribution in [2.75, 3.05) is 88.3 Å². The second-order valence-electron chi connectivity index (χ2n) is 13.2. The number of hydrogen-bond acceptors (Lipinski definition) is 11. The van der Waals surface area contributed by atoms with Gasteiger partial charge in [-0.25, -0.2) is 4.98 Å². The van der Waals surface area contributed by atoms with Crippen LogP contribution in [0.1, 0.15) is 60.7 Å². The van der Waals surface area contributed by atoms with Crippen molar-refractivity contribution in [3.05, 3.63) is 64.9 Å². The van der Waals surface area contributed by atoms with E-state index in [1.54, 1.807) is 7.11 Å². The van der Waals surface area contributed by atoms with Crippen LogP contribution in [0.15, 0.2) is 36.7 Å². The first-order valence-corrected chi connectivity index (χ1v) is 19.2. The number of aryl methyl sites for hydroxylation is 2. The Morgan fingerprint density at radius 1 is 0.944 bits per heavy atom. The zero-order valence-corrected chi connectivity index (χ0v) is 32.2. The Morgan fingerprint density at radius 3 is 2.50 bits per heavy atom. The average Bonchev–Trinajstić information content (AvgIpc) is 3.79. The molecular formula is C39H54N10O5. The number of methoxy groups -OCH3 is 1. The van der Waals surface area contributed by atoms with Gasteiger partial charge in [-0.2, -0.15) is 10.1 Å². The molecule has 6 rings (SSSR count). The summed E-state index contributed by atoms with van der Waals surface area (Å²) in [5, 5.41) is 14.5. The monoisotopic (exact) mass is 742 g/mol. The number of aromatic nitrogens is 5. The molecule has 4 aromatic rings. The SMILES string of the molecule is CCNCC(=O)N1CCN(c2ccc(Nc3ncc4c(n3)-n3ccc(C(=O)Nc5c(CC)nn(CCOCCOCC)c5CC)c3CC4)c(OC)c2)CC1. The van der Waals surface area contributed by atoms with Gasteiger partial charge in [0.25, 0.3) is 5.91 Å². The molecule has 15 heteroatoms. The molecular weight excluding hydrogens is 688 g/mol. The first-order chi connectivity index (χ1) is 26.4. The van der Waals surface area contributed by atoms with E-state index in [-0.39, 0.29) is 11.8 Å². The van der Waals surface area contributed by atoms with Gasteiger partial charge in [-0.15, -0.1) is 0 Å². The van der Waals surface area contributed by atoms with Gasteiger partial charge in [0.1, 0.15) is 11.6 Å². The second kappa shape index (κ2) is 18.4. The number of nitrogens with one attached hydrogen (secondary N) is 3. The molecule has 2 aliphatic heterocycles. The Hall–Kier alpha value is -4.99. The fourth-order valence-electron chi connectivity index (χ4n) is 7.06. The van der Waals surface area contributed by atoms with Crippen molar-refractivity contribution >= 4 is 34.8 Å². The molecule has 1 aromatic carbocycles. The van der Waals surface area contributed by atoms with Gasteiger partial charge in [0.05, 0.1) is 68.3 Å². The van der Waals surface area contributed by atoms with E-state index >= 15 is 0 Å². The Balaban J connectivity index is 1.14. The largest absolute Gasteiger partial charge is 0.494 e. The van der Waals surface area contributed by atoms with E-state index < -0.39 is 0 Å². The molecule has 2 amide bonds. The quantitative estimate of drug-likeness (QED) is 0.127. The molecule has 0 bridgehead atoms. The highest BCUT2D eigenvalue weighted by Gasteiger charge is 2.27. The van der Waals surface area contributed by atoms with Gasteiger partial charge in [-0.05, 0) is 57.4 Å². The first-order valence-electron chi connectivity index (χ1n) is 19.2. The van der Waals surface area contributed by atoms with Gasteiger partial charge in [0.15, 0.2) is 0 Å². The smallest absolute Gasteiger partial charge is 0.257 e. The number of carbonyl (C=O) groups is 2. The summed E-state index contributed by atoms with van der Waals surface area (Å²) in [4.78, 5) is 40.1. The van der Waals surface area contributed by atoms with Crippen molar-refractivity contribution in [2.24, 2.45) is 0 Å². The van der Waals surface area contributed by atoms with E-state index in [9.17, 15) is 9.59 Å². The molecule has 5 heterocycles. The number of benzene rings is 1. The van der Waals surface area contributed by atoms with Crippen LogP contribution < -0.4 is 25.6 Å². The van der Waals surface area contributed by atoms with Crippen LogP contribution in [0, 0.1) is 0 Å². The topological polar surface area (TPSA) is 153 Å². The number of nitrogens with zero attached hydrogens (tertiary/aromatic N) is 7. The molecule has 1 fully saturated rings. The summed E-state index contributed by atoms with van der Waals surface area (Å²) < 4.78 is 20.8. The van der Waals surface area contributed by atoms with Gasteiger partial charge < -0.3 is 44.5 Å². The minimum atomic E-state index is -0.164. The maximum atomic E-state index is 13.9. The lowest BCUT2D eigenvalue weighted by atomic mass is 10.0. The standard InChI is InChI=1S/C39H54N10O5/c1-6-30-36(32(7-2)49(45-30)20-21-54-23-22-53-9-4)43-38(51)29-14-15-48-33(29)13-10-27-25-41-39(44-37(27)48)42-31-12-11-28(24-34(31)52-5)46-16-18-47(19-17-46)35(50)26-40-8-3/h11-12,14-15,24-25,40H,6-10,13,16-23,26H2,1-5H3,(H,43,51)(H,41,42,44). The van der Waals surface area contributed by atoms with Crippen molar-refractivity contribution in [1.82, 2.24) is 34.5 Å². The molecule has 3 aromatic heterocycles. The number of amides is 2. The molecule has 2 aliphatic rings. The zero-order valence-electron chi connectivity index (χ0n) is 32.2. The Morgan fingerprint density at radius 2 is 1.76 bits per heavy atom. The van der Waals surface area contributed by atoms with E-state index in [4.69, 9.17) is 24.3 Å². The second-order valence-corrected chi connectivity index (χ2v) is 13.2. The summed E-state index contributed by atoms with van der Waals surface area (Å²) in [6, 6.07) is 7.88. The summed E-state index contributed by atoms with van der Waals surface area (Å²) in [6.45, 7) is 15.0. The highest BCUT2D eigenvalue weighted by Crippen LogP contribution is 2.33. The summed E-state index contributed by atoms with van der Waals surface area (Å²) >= 11 is 0. The molecule has 15 nitrogen and oxygen atoms in total. The minimum Gasteiger partial charge on any atom is -0.494 e. The number of rotatable bonds is 18. The normalized spacial score (nSPS) is 13.8. The third-order valence-electron chi connectivity index (χ3n) is 9.95. The summed E-state index contributed by atoms with van der Waals surface area (Å²) in [6.07, 6.45) is 6.57. The van der Waals surface area contributed by atoms with Crippen molar-refractivity contribution < 1.29 is 23.8 Å². The van der Waals surface area contributed by atoms with Gasteiger partial charge in [0.2, 0.25) is 11.9 Å². The van der Waals surface area contributed by atoms with Crippen LogP contribution in [0.4, 0.5) is 23.0 Å². The Bertz CT molecular complexity index is 1900. The van der Waals surface area contributed by atoms with Crippen LogP contribution in [0.5, 0.6) is 5.75 Å². The molecule has 0 saturated carbocycles. The third kappa shape index (κ3) is 8.69. The van der Waals surface area contributed by atoms with Crippen LogP contribution in [0.3, 0.4) is 0 Å². The molecule has 1 saturated heterocycles. The fraction of sp³-hybridized carbons (Fsp3) is 0.513. The van der Waals surface area contributed by atoms with Crippen LogP contribution in [0.25, 0.3) is 5.82 Å². The van der Waals surface area contributed by atoms with Crippen molar-refractivity contribution in [3.8, 4) is 11.6 Å².